The summed E-state index contributed by atoms with van der Waals surface area (Å²) in [5.41, 5.74) is 1.000. The quantitative estimate of drug-likeness (QED) is 0.808. The van der Waals surface area contributed by atoms with Gasteiger partial charge in [-0.15, -0.1) is 6.58 Å². The molecule has 1 N–H and O–H groups in total. The van der Waals surface area contributed by atoms with Crippen LogP contribution in [0.5, 0.6) is 5.75 Å². The van der Waals surface area contributed by atoms with Crippen molar-refractivity contribution in [2.45, 2.75) is 13.5 Å². The summed E-state index contributed by atoms with van der Waals surface area (Å²) in [6.45, 7) is 6.95. The fraction of sp³-hybridized carbons (Fsp3) is 0.267. The second-order valence-electron chi connectivity index (χ2n) is 4.16. The van der Waals surface area contributed by atoms with E-state index in [0.29, 0.717) is 19.7 Å². The number of nitrogens with zero attached hydrogens (tertiary/aromatic N) is 1. The zero-order valence-corrected chi connectivity index (χ0v) is 11.1. The highest BCUT2D eigenvalue weighted by molar-refractivity contribution is 5.88. The molecule has 2 aromatic rings. The summed E-state index contributed by atoms with van der Waals surface area (Å²) in [6.07, 6.45) is 3.57. The van der Waals surface area contributed by atoms with E-state index < -0.39 is 0 Å². The monoisotopic (exact) mass is 258 g/mol. The predicted octanol–water partition coefficient (Wildman–Crippen LogP) is 2.34. The van der Waals surface area contributed by atoms with Crippen molar-refractivity contribution in [2.24, 2.45) is 0 Å². The van der Waals surface area contributed by atoms with E-state index in [1.807, 2.05) is 42.0 Å². The summed E-state index contributed by atoms with van der Waals surface area (Å²) in [5, 5.41) is 3.79. The molecule has 0 saturated heterocycles. The third-order valence-electron chi connectivity index (χ3n) is 2.83. The first-order valence-corrected chi connectivity index (χ1v) is 6.34. The number of hydrogen-bond acceptors (Lipinski definition) is 2. The lowest BCUT2D eigenvalue weighted by molar-refractivity contribution is -0.121. The van der Waals surface area contributed by atoms with Crippen molar-refractivity contribution in [3.05, 3.63) is 43.1 Å². The number of benzene rings is 1. The third kappa shape index (κ3) is 2.96. The Bertz CT molecular complexity index is 587. The molecule has 0 aliphatic rings. The number of amides is 1. The van der Waals surface area contributed by atoms with Gasteiger partial charge in [0.05, 0.1) is 12.1 Å². The first-order valence-electron chi connectivity index (χ1n) is 6.34. The second kappa shape index (κ2) is 6.09. The molecule has 0 spiro atoms. The molecule has 0 saturated carbocycles. The van der Waals surface area contributed by atoms with Gasteiger partial charge in [0.1, 0.15) is 12.3 Å². The maximum absolute atomic E-state index is 11.7. The van der Waals surface area contributed by atoms with E-state index in [1.54, 1.807) is 6.08 Å². The van der Waals surface area contributed by atoms with Crippen LogP contribution >= 0.6 is 0 Å². The summed E-state index contributed by atoms with van der Waals surface area (Å²) < 4.78 is 7.49. The van der Waals surface area contributed by atoms with E-state index in [-0.39, 0.29) is 5.91 Å². The third-order valence-corrected chi connectivity index (χ3v) is 2.83. The van der Waals surface area contributed by atoms with Crippen molar-refractivity contribution < 1.29 is 9.53 Å². The largest absolute Gasteiger partial charge is 0.493 e. The highest BCUT2D eigenvalue weighted by atomic mass is 16.5. The van der Waals surface area contributed by atoms with Gasteiger partial charge in [-0.05, 0) is 25.1 Å². The standard InChI is InChI=1S/C15H18N2O2/c1-3-9-16-15(18)11-17-10-8-12-13(17)6-5-7-14(12)19-4-2/h3,5-8,10H,1,4,9,11H2,2H3,(H,16,18). The van der Waals surface area contributed by atoms with Gasteiger partial charge in [-0.25, -0.2) is 0 Å². The fourth-order valence-corrected chi connectivity index (χ4v) is 2.01. The molecular formula is C15H18N2O2. The van der Waals surface area contributed by atoms with E-state index >= 15 is 0 Å². The predicted molar refractivity (Wildman–Crippen MR) is 76.3 cm³/mol. The van der Waals surface area contributed by atoms with E-state index in [4.69, 9.17) is 4.74 Å². The first kappa shape index (κ1) is 13.2. The van der Waals surface area contributed by atoms with Crippen LogP contribution in [0.3, 0.4) is 0 Å². The summed E-state index contributed by atoms with van der Waals surface area (Å²) >= 11 is 0. The van der Waals surface area contributed by atoms with E-state index in [0.717, 1.165) is 16.7 Å². The summed E-state index contributed by atoms with van der Waals surface area (Å²) in [5.74, 6) is 0.824. The minimum Gasteiger partial charge on any atom is -0.493 e. The number of aromatic nitrogens is 1. The van der Waals surface area contributed by atoms with Crippen molar-refractivity contribution in [1.29, 1.82) is 0 Å². The molecule has 0 fully saturated rings. The molecule has 19 heavy (non-hydrogen) atoms. The van der Waals surface area contributed by atoms with E-state index in [2.05, 4.69) is 11.9 Å². The zero-order chi connectivity index (χ0) is 13.7. The van der Waals surface area contributed by atoms with Crippen LogP contribution in [0.4, 0.5) is 0 Å². The van der Waals surface area contributed by atoms with Crippen LogP contribution in [0.2, 0.25) is 0 Å². The smallest absolute Gasteiger partial charge is 0.240 e. The Morgan fingerprint density at radius 2 is 2.32 bits per heavy atom. The Kier molecular flexibility index (Phi) is 4.23. The van der Waals surface area contributed by atoms with Crippen molar-refractivity contribution in [3.63, 3.8) is 0 Å². The second-order valence-corrected chi connectivity index (χ2v) is 4.16. The van der Waals surface area contributed by atoms with Gasteiger partial charge in [0.25, 0.3) is 0 Å². The van der Waals surface area contributed by atoms with Crippen molar-refractivity contribution in [2.75, 3.05) is 13.2 Å². The average Bonchev–Trinajstić information content (AvgIpc) is 2.81. The Labute approximate surface area is 112 Å². The number of fused-ring (bicyclic) bond motifs is 1. The SMILES string of the molecule is C=CCNC(=O)Cn1ccc2c(OCC)cccc21. The molecule has 1 aromatic heterocycles. The van der Waals surface area contributed by atoms with E-state index in [9.17, 15) is 4.79 Å². The summed E-state index contributed by atoms with van der Waals surface area (Å²) in [4.78, 5) is 11.7. The van der Waals surface area contributed by atoms with Crippen LogP contribution < -0.4 is 10.1 Å². The number of carbonyl (C=O) groups excluding carboxylic acids is 1. The Hall–Kier alpha value is -2.23. The molecule has 0 aliphatic heterocycles. The molecule has 0 unspecified atom stereocenters. The van der Waals surface area contributed by atoms with Gasteiger partial charge in [-0.1, -0.05) is 12.1 Å². The molecule has 0 bridgehead atoms. The normalized spacial score (nSPS) is 10.4. The molecular weight excluding hydrogens is 240 g/mol. The molecule has 0 atom stereocenters. The van der Waals surface area contributed by atoms with Crippen molar-refractivity contribution in [1.82, 2.24) is 9.88 Å². The number of carbonyl (C=O) groups is 1. The topological polar surface area (TPSA) is 43.3 Å². The maximum Gasteiger partial charge on any atom is 0.240 e. The highest BCUT2D eigenvalue weighted by Gasteiger charge is 2.08. The molecule has 0 aliphatic carbocycles. The van der Waals surface area contributed by atoms with Crippen LogP contribution in [-0.2, 0) is 11.3 Å². The molecule has 2 rings (SSSR count). The summed E-state index contributed by atoms with van der Waals surface area (Å²) in [7, 11) is 0. The van der Waals surface area contributed by atoms with Crippen molar-refractivity contribution >= 4 is 16.8 Å². The highest BCUT2D eigenvalue weighted by Crippen LogP contribution is 2.26. The van der Waals surface area contributed by atoms with Crippen LogP contribution in [0, 0.1) is 0 Å². The van der Waals surface area contributed by atoms with E-state index in [1.165, 1.54) is 0 Å². The molecule has 1 amide bonds. The maximum atomic E-state index is 11.7. The van der Waals surface area contributed by atoms with Gasteiger partial charge in [-0.2, -0.15) is 0 Å². The van der Waals surface area contributed by atoms with Gasteiger partial charge in [0, 0.05) is 18.1 Å². The zero-order valence-electron chi connectivity index (χ0n) is 11.1. The van der Waals surface area contributed by atoms with Gasteiger partial charge >= 0.3 is 0 Å². The lowest BCUT2D eigenvalue weighted by Crippen LogP contribution is -2.27. The van der Waals surface area contributed by atoms with Gasteiger partial charge in [0.15, 0.2) is 0 Å². The lowest BCUT2D eigenvalue weighted by atomic mass is 10.2. The van der Waals surface area contributed by atoms with Gasteiger partial charge < -0.3 is 14.6 Å². The Balaban J connectivity index is 2.23. The number of rotatable bonds is 6. The molecule has 1 aromatic carbocycles. The van der Waals surface area contributed by atoms with Crippen LogP contribution in [-0.4, -0.2) is 23.6 Å². The molecule has 4 nitrogen and oxygen atoms in total. The van der Waals surface area contributed by atoms with Crippen molar-refractivity contribution in [3.8, 4) is 5.75 Å². The van der Waals surface area contributed by atoms with Gasteiger partial charge in [0.2, 0.25) is 5.91 Å². The molecule has 0 radical (unpaired) electrons. The average molecular weight is 258 g/mol. The lowest BCUT2D eigenvalue weighted by Gasteiger charge is -2.07. The first-order chi connectivity index (χ1) is 9.26. The summed E-state index contributed by atoms with van der Waals surface area (Å²) in [6, 6.07) is 7.83. The van der Waals surface area contributed by atoms with Crippen LogP contribution in [0.25, 0.3) is 10.9 Å². The number of hydrogen-bond donors (Lipinski definition) is 1. The molecule has 4 heteroatoms. The van der Waals surface area contributed by atoms with Crippen LogP contribution in [0.1, 0.15) is 6.92 Å². The molecule has 100 valence electrons. The Morgan fingerprint density at radius 1 is 1.47 bits per heavy atom. The Morgan fingerprint density at radius 3 is 3.05 bits per heavy atom. The molecule has 1 heterocycles. The fourth-order valence-electron chi connectivity index (χ4n) is 2.01. The minimum absolute atomic E-state index is 0.0285. The van der Waals surface area contributed by atoms with Gasteiger partial charge in [-0.3, -0.25) is 4.79 Å². The number of ether oxygens (including phenoxy) is 1. The minimum atomic E-state index is -0.0285. The number of nitrogens with one attached hydrogen (secondary N) is 1. The van der Waals surface area contributed by atoms with Crippen LogP contribution in [0.15, 0.2) is 43.1 Å².